The summed E-state index contributed by atoms with van der Waals surface area (Å²) >= 11 is 0. The van der Waals surface area contributed by atoms with Gasteiger partial charge in [0.15, 0.2) is 0 Å². The van der Waals surface area contributed by atoms with Gasteiger partial charge in [0, 0.05) is 25.8 Å². The summed E-state index contributed by atoms with van der Waals surface area (Å²) in [4.78, 5) is 42.1. The van der Waals surface area contributed by atoms with E-state index < -0.39 is 34.9 Å². The molecule has 0 atom stereocenters. The van der Waals surface area contributed by atoms with Gasteiger partial charge in [-0.15, -0.1) is 0 Å². The smallest absolute Gasteiger partial charge is 0.345 e. The van der Waals surface area contributed by atoms with Crippen LogP contribution in [0, 0.1) is 18.3 Å². The van der Waals surface area contributed by atoms with Gasteiger partial charge in [-0.05, 0) is 63.2 Å². The van der Waals surface area contributed by atoms with Crippen LogP contribution >= 0.6 is 0 Å². The van der Waals surface area contributed by atoms with Crippen LogP contribution < -0.4 is 11.2 Å². The highest BCUT2D eigenvalue weighted by Gasteiger charge is 2.32. The van der Waals surface area contributed by atoms with Crippen molar-refractivity contribution >= 4 is 5.91 Å². The maximum atomic E-state index is 13.9. The van der Waals surface area contributed by atoms with E-state index in [2.05, 4.69) is 5.10 Å². The predicted molar refractivity (Wildman–Crippen MR) is 142 cm³/mol. The van der Waals surface area contributed by atoms with Gasteiger partial charge in [-0.3, -0.25) is 18.7 Å². The molecule has 40 heavy (non-hydrogen) atoms. The number of nitrogens with zero attached hydrogens (tertiary/aromatic N) is 6. The van der Waals surface area contributed by atoms with Gasteiger partial charge in [0.1, 0.15) is 0 Å². The number of halogens is 3. The summed E-state index contributed by atoms with van der Waals surface area (Å²) < 4.78 is 44.0. The predicted octanol–water partition coefficient (Wildman–Crippen LogP) is 4.33. The number of alkyl halides is 3. The van der Waals surface area contributed by atoms with Crippen molar-refractivity contribution < 1.29 is 18.0 Å². The molecule has 2 aromatic carbocycles. The average Bonchev–Trinajstić information content (AvgIpc) is 3.32. The van der Waals surface area contributed by atoms with Crippen LogP contribution in [-0.4, -0.2) is 43.8 Å². The minimum absolute atomic E-state index is 0.0226. The fraction of sp³-hybridized carbons (Fsp3) is 0.250. The first-order valence-corrected chi connectivity index (χ1v) is 12.1. The molecule has 0 aliphatic rings. The zero-order valence-electron chi connectivity index (χ0n) is 22.3. The van der Waals surface area contributed by atoms with E-state index in [1.54, 1.807) is 26.0 Å². The second-order valence-corrected chi connectivity index (χ2v) is 9.57. The van der Waals surface area contributed by atoms with Gasteiger partial charge < -0.3 is 4.90 Å². The van der Waals surface area contributed by atoms with Gasteiger partial charge in [0.2, 0.25) is 0 Å². The van der Waals surface area contributed by atoms with Crippen LogP contribution in [0.2, 0.25) is 0 Å². The van der Waals surface area contributed by atoms with Crippen LogP contribution in [0.4, 0.5) is 13.2 Å². The van der Waals surface area contributed by atoms with Crippen molar-refractivity contribution in [2.24, 2.45) is 0 Å². The van der Waals surface area contributed by atoms with Crippen molar-refractivity contribution in [1.29, 1.82) is 5.26 Å². The Morgan fingerprint density at radius 2 is 1.70 bits per heavy atom. The fourth-order valence-corrected chi connectivity index (χ4v) is 4.44. The molecule has 2 aromatic heterocycles. The molecule has 4 rings (SSSR count). The normalized spacial score (nSPS) is 11.5. The fourth-order valence-electron chi connectivity index (χ4n) is 4.44. The summed E-state index contributed by atoms with van der Waals surface area (Å²) in [7, 11) is 3.04. The van der Waals surface area contributed by atoms with Crippen molar-refractivity contribution in [3.63, 3.8) is 0 Å². The van der Waals surface area contributed by atoms with E-state index in [-0.39, 0.29) is 28.2 Å². The Morgan fingerprint density at radius 3 is 2.25 bits per heavy atom. The minimum atomic E-state index is -4.66. The maximum Gasteiger partial charge on any atom is 0.416 e. The summed E-state index contributed by atoms with van der Waals surface area (Å²) in [5, 5.41) is 13.5. The number of amides is 1. The quantitative estimate of drug-likeness (QED) is 0.368. The number of benzene rings is 2. The molecule has 0 radical (unpaired) electrons. The Hall–Kier alpha value is -4.92. The Balaban J connectivity index is 2.16. The zero-order chi connectivity index (χ0) is 29.5. The lowest BCUT2D eigenvalue weighted by Crippen LogP contribution is -2.43. The molecule has 9 nitrogen and oxygen atoms in total. The van der Waals surface area contributed by atoms with Crippen molar-refractivity contribution in [3.8, 4) is 28.7 Å². The molecular weight excluding hydrogens is 525 g/mol. The molecule has 0 fully saturated rings. The van der Waals surface area contributed by atoms with Gasteiger partial charge >= 0.3 is 11.9 Å². The molecule has 0 bridgehead atoms. The van der Waals surface area contributed by atoms with E-state index in [9.17, 15) is 32.8 Å². The highest BCUT2D eigenvalue weighted by Crippen LogP contribution is 2.32. The number of hydrogen-bond acceptors (Lipinski definition) is 5. The van der Waals surface area contributed by atoms with E-state index >= 15 is 0 Å². The molecule has 0 saturated carbocycles. The monoisotopic (exact) mass is 550 g/mol. The van der Waals surface area contributed by atoms with Crippen LogP contribution in [0.1, 0.15) is 47.1 Å². The molecule has 206 valence electrons. The maximum absolute atomic E-state index is 13.9. The molecule has 1 amide bonds. The van der Waals surface area contributed by atoms with Gasteiger partial charge in [0.25, 0.3) is 11.5 Å². The third-order valence-electron chi connectivity index (χ3n) is 6.36. The first kappa shape index (κ1) is 28.1. The summed E-state index contributed by atoms with van der Waals surface area (Å²) in [5.41, 5.74) is -1.80. The minimum Gasteiger partial charge on any atom is -0.345 e. The molecule has 0 aliphatic carbocycles. The van der Waals surface area contributed by atoms with Crippen LogP contribution in [0.3, 0.4) is 0 Å². The molecule has 4 aromatic rings. The summed E-state index contributed by atoms with van der Waals surface area (Å²) in [6, 6.07) is 11.8. The van der Waals surface area contributed by atoms with Gasteiger partial charge in [-0.1, -0.05) is 6.07 Å². The highest BCUT2D eigenvalue weighted by molar-refractivity contribution is 6.00. The standard InChI is InChI=1S/C28H25F3N6O3/c1-16(2)35-26(39)23(17(3)36(27(35)40)21-8-6-7-19(13-21)28(29,30)31)24-22(25(38)34(4)5)15-33-37(24)20-11-9-18(14-32)10-12-20/h6-13,15-16H,1-5H3. The first-order valence-electron chi connectivity index (χ1n) is 12.1. The third kappa shape index (κ3) is 4.82. The Morgan fingerprint density at radius 1 is 1.05 bits per heavy atom. The second kappa shape index (κ2) is 10.3. The van der Waals surface area contributed by atoms with Gasteiger partial charge in [0.05, 0.1) is 51.6 Å². The topological polar surface area (TPSA) is 106 Å². The molecule has 0 saturated heterocycles. The zero-order valence-corrected chi connectivity index (χ0v) is 22.3. The largest absolute Gasteiger partial charge is 0.416 e. The Bertz CT molecular complexity index is 1770. The number of hydrogen-bond donors (Lipinski definition) is 0. The number of rotatable bonds is 5. The number of aromatic nitrogens is 4. The van der Waals surface area contributed by atoms with Crippen LogP contribution in [0.25, 0.3) is 22.6 Å². The van der Waals surface area contributed by atoms with Crippen molar-refractivity contribution in [2.75, 3.05) is 14.1 Å². The Labute approximate surface area is 226 Å². The van der Waals surface area contributed by atoms with E-state index in [1.807, 2.05) is 6.07 Å². The van der Waals surface area contributed by atoms with Crippen LogP contribution in [0.15, 0.2) is 64.3 Å². The lowest BCUT2D eigenvalue weighted by molar-refractivity contribution is -0.137. The first-order chi connectivity index (χ1) is 18.8. The van der Waals surface area contributed by atoms with Crippen molar-refractivity contribution in [3.05, 3.63) is 98.0 Å². The lowest BCUT2D eigenvalue weighted by atomic mass is 10.0. The average molecular weight is 551 g/mol. The summed E-state index contributed by atoms with van der Waals surface area (Å²) in [5.74, 6) is -0.485. The number of nitriles is 1. The highest BCUT2D eigenvalue weighted by atomic mass is 19.4. The van der Waals surface area contributed by atoms with Gasteiger partial charge in [-0.2, -0.15) is 23.5 Å². The van der Waals surface area contributed by atoms with Crippen LogP contribution in [0.5, 0.6) is 0 Å². The lowest BCUT2D eigenvalue weighted by Gasteiger charge is -2.21. The van der Waals surface area contributed by atoms with E-state index in [1.165, 1.54) is 61.1 Å². The van der Waals surface area contributed by atoms with Crippen LogP contribution in [-0.2, 0) is 6.18 Å². The summed E-state index contributed by atoms with van der Waals surface area (Å²) in [6.07, 6.45) is -3.38. The van der Waals surface area contributed by atoms with Crippen molar-refractivity contribution in [1.82, 2.24) is 23.8 Å². The van der Waals surface area contributed by atoms with E-state index in [0.29, 0.717) is 11.3 Å². The number of carbonyl (C=O) groups is 1. The van der Waals surface area contributed by atoms with E-state index in [0.717, 1.165) is 21.3 Å². The Kier molecular flexibility index (Phi) is 7.26. The molecule has 2 heterocycles. The number of carbonyl (C=O) groups excluding carboxylic acids is 1. The molecule has 0 N–H and O–H groups in total. The van der Waals surface area contributed by atoms with Gasteiger partial charge in [-0.25, -0.2) is 9.48 Å². The molecule has 12 heteroatoms. The third-order valence-corrected chi connectivity index (χ3v) is 6.36. The molecule has 0 aliphatic heterocycles. The van der Waals surface area contributed by atoms with Crippen molar-refractivity contribution in [2.45, 2.75) is 33.0 Å². The molecule has 0 unspecified atom stereocenters. The summed E-state index contributed by atoms with van der Waals surface area (Å²) in [6.45, 7) is 4.63. The molecular formula is C28H25F3N6O3. The SMILES string of the molecule is Cc1c(-c2c(C(=O)N(C)C)cnn2-c2ccc(C#N)cc2)c(=O)n(C(C)C)c(=O)n1-c1cccc(C(F)(F)F)c1. The second-order valence-electron chi connectivity index (χ2n) is 9.57. The van der Waals surface area contributed by atoms with E-state index in [4.69, 9.17) is 0 Å². The molecule has 0 spiro atoms.